The summed E-state index contributed by atoms with van der Waals surface area (Å²) < 4.78 is 30.2. The van der Waals surface area contributed by atoms with Crippen molar-refractivity contribution in [2.75, 3.05) is 13.7 Å². The SMILES string of the molecule is CCN1C(=N)c2c(OC)cccc2S1(=O)=O. The number of methoxy groups -OCH3 is 1. The summed E-state index contributed by atoms with van der Waals surface area (Å²) in [5.74, 6) is 0.400. The number of sulfonamides is 1. The maximum absolute atomic E-state index is 12.0. The molecule has 1 N–H and O–H groups in total. The quantitative estimate of drug-likeness (QED) is 0.839. The molecule has 0 saturated carbocycles. The Kier molecular flexibility index (Phi) is 2.38. The molecule has 0 aromatic heterocycles. The first-order valence-corrected chi connectivity index (χ1v) is 6.26. The molecule has 2 rings (SSSR count). The number of hydrogen-bond donors (Lipinski definition) is 1. The first kappa shape index (κ1) is 10.9. The molecule has 1 aromatic carbocycles. The number of fused-ring (bicyclic) bond motifs is 1. The Bertz CT molecular complexity index is 551. The first-order valence-electron chi connectivity index (χ1n) is 4.82. The lowest BCUT2D eigenvalue weighted by atomic mass is 10.2. The number of benzene rings is 1. The zero-order valence-electron chi connectivity index (χ0n) is 9.02. The highest BCUT2D eigenvalue weighted by molar-refractivity contribution is 7.90. The second-order valence-electron chi connectivity index (χ2n) is 3.35. The zero-order chi connectivity index (χ0) is 11.9. The van der Waals surface area contributed by atoms with Gasteiger partial charge in [-0.25, -0.2) is 12.7 Å². The molecule has 1 heterocycles. The van der Waals surface area contributed by atoms with E-state index in [2.05, 4.69) is 0 Å². The average molecular weight is 240 g/mol. The Balaban J connectivity index is 2.76. The van der Waals surface area contributed by atoms with Crippen LogP contribution >= 0.6 is 0 Å². The van der Waals surface area contributed by atoms with E-state index in [0.29, 0.717) is 11.3 Å². The van der Waals surface area contributed by atoms with Crippen molar-refractivity contribution in [3.8, 4) is 5.75 Å². The molecular weight excluding hydrogens is 228 g/mol. The lowest BCUT2D eigenvalue weighted by Crippen LogP contribution is -2.29. The van der Waals surface area contributed by atoms with E-state index in [0.717, 1.165) is 4.31 Å². The second-order valence-corrected chi connectivity index (χ2v) is 5.18. The number of ether oxygens (including phenoxy) is 1. The molecule has 0 unspecified atom stereocenters. The molecule has 1 aromatic rings. The molecule has 0 aliphatic carbocycles. The Morgan fingerprint density at radius 3 is 2.69 bits per heavy atom. The molecule has 5 nitrogen and oxygen atoms in total. The van der Waals surface area contributed by atoms with Gasteiger partial charge in [0.05, 0.1) is 12.7 Å². The van der Waals surface area contributed by atoms with Crippen LogP contribution in [0.15, 0.2) is 23.1 Å². The summed E-state index contributed by atoms with van der Waals surface area (Å²) in [6.07, 6.45) is 0. The Hall–Kier alpha value is -1.56. The van der Waals surface area contributed by atoms with E-state index in [1.165, 1.54) is 13.2 Å². The van der Waals surface area contributed by atoms with Gasteiger partial charge < -0.3 is 4.74 Å². The van der Waals surface area contributed by atoms with Gasteiger partial charge in [0.15, 0.2) is 0 Å². The monoisotopic (exact) mass is 240 g/mol. The highest BCUT2D eigenvalue weighted by Gasteiger charge is 2.39. The van der Waals surface area contributed by atoms with Crippen molar-refractivity contribution in [1.29, 1.82) is 5.41 Å². The van der Waals surface area contributed by atoms with Gasteiger partial charge in [0.25, 0.3) is 10.0 Å². The fourth-order valence-corrected chi connectivity index (χ4v) is 3.44. The third-order valence-corrected chi connectivity index (χ3v) is 4.47. The molecule has 0 saturated heterocycles. The van der Waals surface area contributed by atoms with E-state index in [4.69, 9.17) is 10.1 Å². The highest BCUT2D eigenvalue weighted by atomic mass is 32.2. The minimum atomic E-state index is -3.55. The fraction of sp³-hybridized carbons (Fsp3) is 0.300. The Morgan fingerprint density at radius 1 is 1.44 bits per heavy atom. The summed E-state index contributed by atoms with van der Waals surface area (Å²) in [5.41, 5.74) is 0.354. The van der Waals surface area contributed by atoms with Gasteiger partial charge in [0.1, 0.15) is 16.5 Å². The van der Waals surface area contributed by atoms with Gasteiger partial charge in [-0.05, 0) is 19.1 Å². The van der Waals surface area contributed by atoms with E-state index in [-0.39, 0.29) is 17.3 Å². The van der Waals surface area contributed by atoms with Crippen LogP contribution in [0, 0.1) is 5.41 Å². The van der Waals surface area contributed by atoms with Gasteiger partial charge in [0.2, 0.25) is 0 Å². The number of nitrogens with one attached hydrogen (secondary N) is 1. The Labute approximate surface area is 94.2 Å². The van der Waals surface area contributed by atoms with E-state index in [9.17, 15) is 8.42 Å². The second kappa shape index (κ2) is 3.48. The van der Waals surface area contributed by atoms with Gasteiger partial charge in [-0.3, -0.25) is 5.41 Å². The summed E-state index contributed by atoms with van der Waals surface area (Å²) in [6.45, 7) is 1.95. The predicted octanol–water partition coefficient (Wildman–Crippen LogP) is 1.04. The molecular formula is C10H12N2O3S. The molecule has 0 fully saturated rings. The minimum absolute atomic E-state index is 0.0186. The topological polar surface area (TPSA) is 70.5 Å². The zero-order valence-corrected chi connectivity index (χ0v) is 9.84. The van der Waals surface area contributed by atoms with Crippen LogP contribution in [0.4, 0.5) is 0 Å². The van der Waals surface area contributed by atoms with Crippen LogP contribution in [0.1, 0.15) is 12.5 Å². The third-order valence-electron chi connectivity index (χ3n) is 2.55. The van der Waals surface area contributed by atoms with Crippen molar-refractivity contribution in [3.05, 3.63) is 23.8 Å². The van der Waals surface area contributed by atoms with Gasteiger partial charge in [-0.1, -0.05) is 6.07 Å². The van der Waals surface area contributed by atoms with Crippen LogP contribution < -0.4 is 4.74 Å². The van der Waals surface area contributed by atoms with Crippen LogP contribution in [-0.2, 0) is 10.0 Å². The number of amidine groups is 1. The number of nitrogens with zero attached hydrogens (tertiary/aromatic N) is 1. The lowest BCUT2D eigenvalue weighted by Gasteiger charge is -2.13. The largest absolute Gasteiger partial charge is 0.496 e. The minimum Gasteiger partial charge on any atom is -0.496 e. The molecule has 0 radical (unpaired) electrons. The third kappa shape index (κ3) is 1.23. The molecule has 1 aliphatic rings. The summed E-state index contributed by atoms with van der Waals surface area (Å²) in [7, 11) is -2.09. The fourth-order valence-electron chi connectivity index (χ4n) is 1.82. The number of rotatable bonds is 2. The van der Waals surface area contributed by atoms with Crippen LogP contribution in [0.3, 0.4) is 0 Å². The molecule has 6 heteroatoms. The van der Waals surface area contributed by atoms with E-state index in [1.54, 1.807) is 19.1 Å². The van der Waals surface area contributed by atoms with E-state index in [1.807, 2.05) is 0 Å². The van der Waals surface area contributed by atoms with Crippen molar-refractivity contribution in [2.45, 2.75) is 11.8 Å². The van der Waals surface area contributed by atoms with E-state index < -0.39 is 10.0 Å². The lowest BCUT2D eigenvalue weighted by molar-refractivity contribution is 0.412. The number of hydrogen-bond acceptors (Lipinski definition) is 4. The van der Waals surface area contributed by atoms with Gasteiger partial charge >= 0.3 is 0 Å². The molecule has 86 valence electrons. The maximum Gasteiger partial charge on any atom is 0.266 e. The smallest absolute Gasteiger partial charge is 0.266 e. The average Bonchev–Trinajstić information content (AvgIpc) is 2.47. The standard InChI is InChI=1S/C10H12N2O3S/c1-3-12-10(11)9-7(15-2)5-4-6-8(9)16(12,13)14/h4-6,11H,3H2,1-2H3. The summed E-state index contributed by atoms with van der Waals surface area (Å²) in [6, 6.07) is 4.76. The molecule has 0 bridgehead atoms. The van der Waals surface area contributed by atoms with Gasteiger partial charge in [-0.2, -0.15) is 0 Å². The molecule has 1 aliphatic heterocycles. The van der Waals surface area contributed by atoms with Crippen LogP contribution in [0.25, 0.3) is 0 Å². The van der Waals surface area contributed by atoms with Crippen molar-refractivity contribution in [1.82, 2.24) is 4.31 Å². The van der Waals surface area contributed by atoms with E-state index >= 15 is 0 Å². The first-order chi connectivity index (χ1) is 7.54. The highest BCUT2D eigenvalue weighted by Crippen LogP contribution is 2.35. The molecule has 0 atom stereocenters. The molecule has 16 heavy (non-hydrogen) atoms. The Morgan fingerprint density at radius 2 is 2.12 bits per heavy atom. The van der Waals surface area contributed by atoms with Gasteiger partial charge in [-0.15, -0.1) is 0 Å². The van der Waals surface area contributed by atoms with Crippen molar-refractivity contribution in [2.24, 2.45) is 0 Å². The summed E-state index contributed by atoms with van der Waals surface area (Å²) >= 11 is 0. The van der Waals surface area contributed by atoms with Crippen LogP contribution in [0.2, 0.25) is 0 Å². The van der Waals surface area contributed by atoms with Crippen LogP contribution in [-0.4, -0.2) is 32.2 Å². The molecule has 0 amide bonds. The van der Waals surface area contributed by atoms with Gasteiger partial charge in [0, 0.05) is 6.54 Å². The van der Waals surface area contributed by atoms with Crippen molar-refractivity contribution in [3.63, 3.8) is 0 Å². The predicted molar refractivity (Wildman–Crippen MR) is 59.4 cm³/mol. The van der Waals surface area contributed by atoms with Crippen molar-refractivity contribution >= 4 is 15.9 Å². The maximum atomic E-state index is 12.0. The summed E-state index contributed by atoms with van der Waals surface area (Å²) in [4.78, 5) is 0.152. The molecule has 0 spiro atoms. The van der Waals surface area contributed by atoms with Crippen molar-refractivity contribution < 1.29 is 13.2 Å². The van der Waals surface area contributed by atoms with Crippen LogP contribution in [0.5, 0.6) is 5.75 Å². The normalized spacial score (nSPS) is 17.4. The summed E-state index contributed by atoms with van der Waals surface area (Å²) in [5, 5.41) is 7.85.